The number of hydrogen-bond donors (Lipinski definition) is 5. The lowest BCUT2D eigenvalue weighted by Gasteiger charge is -2.18. The molecule has 0 bridgehead atoms. The van der Waals surface area contributed by atoms with Gasteiger partial charge in [-0.3, -0.25) is 4.57 Å². The molecule has 11 nitrogen and oxygen atoms in total. The van der Waals surface area contributed by atoms with E-state index < -0.39 is 31.1 Å². The smallest absolute Gasteiger partial charge is 0.167 e. The molecule has 5 unspecified atom stereocenters. The fraction of sp³-hybridized carbons (Fsp3) is 0.421. The van der Waals surface area contributed by atoms with Crippen LogP contribution in [-0.2, 0) is 4.74 Å². The molecule has 0 amide bonds. The number of imidazole rings is 1. The third kappa shape index (κ3) is 3.41. The summed E-state index contributed by atoms with van der Waals surface area (Å²) in [4.78, 5) is 12.8. The van der Waals surface area contributed by atoms with Crippen molar-refractivity contribution in [3.8, 4) is 11.5 Å². The number of phenolic OH excluding ortho intramolecular Hbond substituents is 1. The first kappa shape index (κ1) is 20.3. The fourth-order valence-corrected chi connectivity index (χ4v) is 3.51. The number of phenols is 1. The SMILES string of the molecule is COc1cc(C(C)Nc2ncnc3c2ncn3C2OC(CO)C(O)C2O)ccc1O. The molecule has 1 aliphatic heterocycles. The fourth-order valence-electron chi connectivity index (χ4n) is 3.51. The summed E-state index contributed by atoms with van der Waals surface area (Å²) >= 11 is 0. The Balaban J connectivity index is 1.62. The van der Waals surface area contributed by atoms with Crippen LogP contribution in [0.25, 0.3) is 11.2 Å². The van der Waals surface area contributed by atoms with Crippen LogP contribution in [0.3, 0.4) is 0 Å². The largest absolute Gasteiger partial charge is 0.504 e. The van der Waals surface area contributed by atoms with Gasteiger partial charge < -0.3 is 35.2 Å². The number of rotatable bonds is 6. The summed E-state index contributed by atoms with van der Waals surface area (Å²) < 4.78 is 12.2. The second kappa shape index (κ2) is 8.03. The van der Waals surface area contributed by atoms with Gasteiger partial charge in [-0.05, 0) is 24.6 Å². The lowest BCUT2D eigenvalue weighted by molar-refractivity contribution is -0.0511. The first-order valence-corrected chi connectivity index (χ1v) is 9.38. The van der Waals surface area contributed by atoms with Crippen molar-refractivity contribution in [3.63, 3.8) is 0 Å². The molecule has 1 saturated heterocycles. The minimum Gasteiger partial charge on any atom is -0.504 e. The van der Waals surface area contributed by atoms with Crippen LogP contribution < -0.4 is 10.1 Å². The number of aromatic hydroxyl groups is 1. The molecule has 1 aromatic carbocycles. The summed E-state index contributed by atoms with van der Waals surface area (Å²) in [5, 5.41) is 42.7. The molecular formula is C19H23N5O6. The van der Waals surface area contributed by atoms with Gasteiger partial charge in [-0.1, -0.05) is 6.07 Å². The molecule has 4 rings (SSSR count). The van der Waals surface area contributed by atoms with Crippen LogP contribution >= 0.6 is 0 Å². The van der Waals surface area contributed by atoms with Gasteiger partial charge in [0.15, 0.2) is 34.7 Å². The van der Waals surface area contributed by atoms with Crippen molar-refractivity contribution >= 4 is 17.0 Å². The summed E-state index contributed by atoms with van der Waals surface area (Å²) in [5.41, 5.74) is 1.71. The monoisotopic (exact) mass is 417 g/mol. The predicted molar refractivity (Wildman–Crippen MR) is 105 cm³/mol. The second-order valence-corrected chi connectivity index (χ2v) is 7.07. The Morgan fingerprint density at radius 3 is 2.73 bits per heavy atom. The predicted octanol–water partition coefficient (Wildman–Crippen LogP) is 0.325. The Labute approximate surface area is 171 Å². The van der Waals surface area contributed by atoms with E-state index in [1.165, 1.54) is 24.3 Å². The summed E-state index contributed by atoms with van der Waals surface area (Å²) in [5.74, 6) is 0.878. The average Bonchev–Trinajstić information content (AvgIpc) is 3.30. The van der Waals surface area contributed by atoms with Crippen molar-refractivity contribution in [2.24, 2.45) is 0 Å². The van der Waals surface area contributed by atoms with Crippen LogP contribution in [0.4, 0.5) is 5.82 Å². The van der Waals surface area contributed by atoms with Gasteiger partial charge in [0.2, 0.25) is 0 Å². The van der Waals surface area contributed by atoms with Crippen LogP contribution in [0.15, 0.2) is 30.9 Å². The molecule has 1 fully saturated rings. The van der Waals surface area contributed by atoms with Gasteiger partial charge in [0.1, 0.15) is 24.6 Å². The van der Waals surface area contributed by atoms with E-state index in [4.69, 9.17) is 9.47 Å². The zero-order chi connectivity index (χ0) is 21.4. The van der Waals surface area contributed by atoms with E-state index in [1.54, 1.807) is 18.2 Å². The van der Waals surface area contributed by atoms with E-state index in [1.807, 2.05) is 6.92 Å². The van der Waals surface area contributed by atoms with Crippen molar-refractivity contribution in [1.29, 1.82) is 0 Å². The maximum absolute atomic E-state index is 10.3. The summed E-state index contributed by atoms with van der Waals surface area (Å²) in [6.45, 7) is 1.50. The van der Waals surface area contributed by atoms with Crippen molar-refractivity contribution in [1.82, 2.24) is 19.5 Å². The van der Waals surface area contributed by atoms with E-state index in [-0.39, 0.29) is 11.8 Å². The van der Waals surface area contributed by atoms with Crippen molar-refractivity contribution < 1.29 is 29.9 Å². The normalized spacial score (nSPS) is 24.8. The molecule has 5 atom stereocenters. The van der Waals surface area contributed by atoms with Crippen LogP contribution in [0.5, 0.6) is 11.5 Å². The number of methoxy groups -OCH3 is 1. The van der Waals surface area contributed by atoms with Gasteiger partial charge in [0.25, 0.3) is 0 Å². The molecule has 0 radical (unpaired) electrons. The molecule has 0 spiro atoms. The molecule has 5 N–H and O–H groups in total. The van der Waals surface area contributed by atoms with E-state index in [0.29, 0.717) is 22.7 Å². The number of fused-ring (bicyclic) bond motifs is 1. The number of aliphatic hydroxyl groups excluding tert-OH is 3. The molecular weight excluding hydrogens is 394 g/mol. The van der Waals surface area contributed by atoms with Gasteiger partial charge in [-0.2, -0.15) is 0 Å². The number of aromatic nitrogens is 4. The Morgan fingerprint density at radius 1 is 1.23 bits per heavy atom. The van der Waals surface area contributed by atoms with Crippen molar-refractivity contribution in [2.45, 2.75) is 37.5 Å². The van der Waals surface area contributed by atoms with Gasteiger partial charge in [0.05, 0.1) is 26.1 Å². The van der Waals surface area contributed by atoms with Crippen LogP contribution in [0.1, 0.15) is 24.8 Å². The van der Waals surface area contributed by atoms with Crippen molar-refractivity contribution in [3.05, 3.63) is 36.4 Å². The standard InChI is InChI=1S/C19H23N5O6/c1-9(10-3-4-11(26)12(5-10)29-2)23-17-14-18(21-7-20-17)24(8-22-14)19-16(28)15(27)13(6-25)30-19/h3-5,7-9,13,15-16,19,25-28H,6H2,1-2H3,(H,20,21,23). The Bertz CT molecular complexity index is 1040. The topological polar surface area (TPSA) is 155 Å². The summed E-state index contributed by atoms with van der Waals surface area (Å²) in [6.07, 6.45) is -1.50. The molecule has 0 aliphatic carbocycles. The number of hydrogen-bond acceptors (Lipinski definition) is 10. The molecule has 0 saturated carbocycles. The third-order valence-electron chi connectivity index (χ3n) is 5.21. The molecule has 1 aliphatic rings. The average molecular weight is 417 g/mol. The van der Waals surface area contributed by atoms with Crippen LogP contribution in [-0.4, -0.2) is 72.0 Å². The number of aliphatic hydroxyl groups is 3. The van der Waals surface area contributed by atoms with Crippen LogP contribution in [0, 0.1) is 0 Å². The Hall–Kier alpha value is -2.99. The molecule has 160 valence electrons. The molecule has 30 heavy (non-hydrogen) atoms. The van der Waals surface area contributed by atoms with Gasteiger partial charge in [0, 0.05) is 0 Å². The van der Waals surface area contributed by atoms with E-state index >= 15 is 0 Å². The van der Waals surface area contributed by atoms with E-state index in [2.05, 4.69) is 20.3 Å². The molecule has 3 aromatic rings. The number of nitrogens with one attached hydrogen (secondary N) is 1. The van der Waals surface area contributed by atoms with Gasteiger partial charge >= 0.3 is 0 Å². The quantitative estimate of drug-likeness (QED) is 0.379. The summed E-state index contributed by atoms with van der Waals surface area (Å²) in [7, 11) is 1.48. The molecule has 3 heterocycles. The lowest BCUT2D eigenvalue weighted by Crippen LogP contribution is -2.33. The number of ether oxygens (including phenoxy) is 2. The maximum Gasteiger partial charge on any atom is 0.167 e. The van der Waals surface area contributed by atoms with E-state index in [9.17, 15) is 20.4 Å². The Morgan fingerprint density at radius 2 is 2.03 bits per heavy atom. The third-order valence-corrected chi connectivity index (χ3v) is 5.21. The zero-order valence-corrected chi connectivity index (χ0v) is 16.4. The number of benzene rings is 1. The van der Waals surface area contributed by atoms with E-state index in [0.717, 1.165) is 5.56 Å². The van der Waals surface area contributed by atoms with Gasteiger partial charge in [-0.25, -0.2) is 15.0 Å². The lowest BCUT2D eigenvalue weighted by atomic mass is 10.1. The van der Waals surface area contributed by atoms with Crippen molar-refractivity contribution in [2.75, 3.05) is 19.0 Å². The number of nitrogens with zero attached hydrogens (tertiary/aromatic N) is 4. The number of anilines is 1. The first-order chi connectivity index (χ1) is 14.4. The zero-order valence-electron chi connectivity index (χ0n) is 16.4. The highest BCUT2D eigenvalue weighted by molar-refractivity contribution is 5.83. The van der Waals surface area contributed by atoms with Gasteiger partial charge in [-0.15, -0.1) is 0 Å². The second-order valence-electron chi connectivity index (χ2n) is 7.07. The molecule has 2 aromatic heterocycles. The Kier molecular flexibility index (Phi) is 5.43. The highest BCUT2D eigenvalue weighted by atomic mass is 16.6. The van der Waals surface area contributed by atoms with Crippen LogP contribution in [0.2, 0.25) is 0 Å². The summed E-state index contributed by atoms with van der Waals surface area (Å²) in [6, 6.07) is 4.85. The highest BCUT2D eigenvalue weighted by Gasteiger charge is 2.44. The minimum atomic E-state index is -1.24. The first-order valence-electron chi connectivity index (χ1n) is 9.38. The molecule has 11 heteroatoms. The minimum absolute atomic E-state index is 0.0510. The maximum atomic E-state index is 10.3. The highest BCUT2D eigenvalue weighted by Crippen LogP contribution is 2.33.